The molecule has 0 bridgehead atoms. The van der Waals surface area contributed by atoms with Crippen molar-refractivity contribution in [2.24, 2.45) is 0 Å². The molecule has 1 atom stereocenters. The fourth-order valence-corrected chi connectivity index (χ4v) is 3.91. The van der Waals surface area contributed by atoms with Crippen molar-refractivity contribution in [2.45, 2.75) is 64.0 Å². The van der Waals surface area contributed by atoms with Gasteiger partial charge < -0.3 is 9.80 Å². The molecule has 1 saturated heterocycles. The van der Waals surface area contributed by atoms with Gasteiger partial charge in [0.05, 0.1) is 5.69 Å². The van der Waals surface area contributed by atoms with E-state index in [9.17, 15) is 0 Å². The Hall–Kier alpha value is -0.870. The van der Waals surface area contributed by atoms with Gasteiger partial charge in [-0.15, -0.1) is 0 Å². The first-order valence-corrected chi connectivity index (χ1v) is 8.68. The second-order valence-electron chi connectivity index (χ2n) is 6.99. The van der Waals surface area contributed by atoms with Crippen LogP contribution >= 0.6 is 0 Å². The summed E-state index contributed by atoms with van der Waals surface area (Å²) in [4.78, 5) is 4.97. The number of hydrogen-bond acceptors (Lipinski definition) is 3. The highest BCUT2D eigenvalue weighted by molar-refractivity contribution is 5.26. The Morgan fingerprint density at radius 1 is 1.24 bits per heavy atom. The summed E-state index contributed by atoms with van der Waals surface area (Å²) in [6, 6.07) is 0.795. The third-order valence-corrected chi connectivity index (χ3v) is 5.33. The van der Waals surface area contributed by atoms with E-state index in [1.165, 1.54) is 81.4 Å². The van der Waals surface area contributed by atoms with Crippen LogP contribution in [0.1, 0.15) is 55.5 Å². The molecule has 0 unspecified atom stereocenters. The van der Waals surface area contributed by atoms with Gasteiger partial charge in [-0.2, -0.15) is 5.10 Å². The molecule has 1 aliphatic carbocycles. The van der Waals surface area contributed by atoms with Crippen molar-refractivity contribution < 1.29 is 0 Å². The molecule has 4 heteroatoms. The van der Waals surface area contributed by atoms with E-state index in [2.05, 4.69) is 34.1 Å². The van der Waals surface area contributed by atoms with E-state index in [1.807, 2.05) is 0 Å². The van der Waals surface area contributed by atoms with Crippen molar-refractivity contribution in [1.82, 2.24) is 20.0 Å². The predicted molar refractivity (Wildman–Crippen MR) is 86.4 cm³/mol. The largest absolute Gasteiger partial charge is 0.303 e. The van der Waals surface area contributed by atoms with Gasteiger partial charge in [0, 0.05) is 18.3 Å². The molecule has 0 saturated carbocycles. The highest BCUT2D eigenvalue weighted by atomic mass is 15.2. The van der Waals surface area contributed by atoms with Crippen molar-refractivity contribution in [3.63, 3.8) is 0 Å². The van der Waals surface area contributed by atoms with Gasteiger partial charge in [-0.3, -0.25) is 5.10 Å². The normalized spacial score (nSPS) is 23.5. The first-order chi connectivity index (χ1) is 10.2. The molecule has 2 heterocycles. The zero-order chi connectivity index (χ0) is 14.7. The second-order valence-corrected chi connectivity index (χ2v) is 6.99. The van der Waals surface area contributed by atoms with Gasteiger partial charge in [0.2, 0.25) is 0 Å². The molecule has 2 aliphatic rings. The van der Waals surface area contributed by atoms with Crippen LogP contribution in [0.5, 0.6) is 0 Å². The van der Waals surface area contributed by atoms with Crippen LogP contribution in [0.3, 0.4) is 0 Å². The fourth-order valence-electron chi connectivity index (χ4n) is 3.91. The summed E-state index contributed by atoms with van der Waals surface area (Å²) in [6.45, 7) is 3.46. The van der Waals surface area contributed by atoms with E-state index in [0.717, 1.165) is 12.6 Å². The zero-order valence-corrected chi connectivity index (χ0v) is 13.7. The molecular formula is C17H30N4. The molecule has 0 amide bonds. The Morgan fingerprint density at radius 3 is 2.90 bits per heavy atom. The molecule has 4 nitrogen and oxygen atoms in total. The van der Waals surface area contributed by atoms with Crippen molar-refractivity contribution in [1.29, 1.82) is 0 Å². The van der Waals surface area contributed by atoms with Crippen LogP contribution in [0.4, 0.5) is 0 Å². The van der Waals surface area contributed by atoms with Crippen LogP contribution in [0.25, 0.3) is 0 Å². The number of H-pyrrole nitrogens is 1. The first kappa shape index (κ1) is 15.0. The quantitative estimate of drug-likeness (QED) is 0.847. The summed E-state index contributed by atoms with van der Waals surface area (Å²) < 4.78 is 0. The fraction of sp³-hybridized carbons (Fsp3) is 0.824. The topological polar surface area (TPSA) is 35.2 Å². The SMILES string of the molecule is CN(CC[C@H]1CCCN1C)Cc1n[nH]c2c1CCCCC2. The number of fused-ring (bicyclic) bond motifs is 1. The van der Waals surface area contributed by atoms with Gasteiger partial charge in [-0.1, -0.05) is 6.42 Å². The van der Waals surface area contributed by atoms with Gasteiger partial charge in [0.15, 0.2) is 0 Å². The minimum atomic E-state index is 0.795. The van der Waals surface area contributed by atoms with Gasteiger partial charge in [-0.05, 0) is 77.7 Å². The molecule has 1 aromatic heterocycles. The average molecular weight is 290 g/mol. The number of nitrogens with one attached hydrogen (secondary N) is 1. The van der Waals surface area contributed by atoms with Gasteiger partial charge >= 0.3 is 0 Å². The molecule has 1 fully saturated rings. The van der Waals surface area contributed by atoms with E-state index in [1.54, 1.807) is 0 Å². The molecule has 3 rings (SSSR count). The zero-order valence-electron chi connectivity index (χ0n) is 13.7. The van der Waals surface area contributed by atoms with Crippen molar-refractivity contribution in [2.75, 3.05) is 27.2 Å². The van der Waals surface area contributed by atoms with Crippen LogP contribution in [-0.2, 0) is 19.4 Å². The summed E-state index contributed by atoms with van der Waals surface area (Å²) >= 11 is 0. The summed E-state index contributed by atoms with van der Waals surface area (Å²) in [6.07, 6.45) is 10.5. The number of nitrogens with zero attached hydrogens (tertiary/aromatic N) is 3. The van der Waals surface area contributed by atoms with E-state index in [4.69, 9.17) is 0 Å². The molecule has 1 aromatic rings. The number of aromatic amines is 1. The van der Waals surface area contributed by atoms with Crippen LogP contribution in [0, 0.1) is 0 Å². The Labute approximate surface area is 128 Å². The number of likely N-dealkylation sites (tertiary alicyclic amines) is 1. The highest BCUT2D eigenvalue weighted by Gasteiger charge is 2.21. The lowest BCUT2D eigenvalue weighted by atomic mass is 10.1. The van der Waals surface area contributed by atoms with Crippen molar-refractivity contribution in [3.05, 3.63) is 17.0 Å². The molecule has 1 aliphatic heterocycles. The monoisotopic (exact) mass is 290 g/mol. The molecule has 21 heavy (non-hydrogen) atoms. The molecular weight excluding hydrogens is 260 g/mol. The highest BCUT2D eigenvalue weighted by Crippen LogP contribution is 2.23. The van der Waals surface area contributed by atoms with E-state index in [0.29, 0.717) is 0 Å². The second kappa shape index (κ2) is 6.93. The van der Waals surface area contributed by atoms with Gasteiger partial charge in [0.1, 0.15) is 0 Å². The summed E-state index contributed by atoms with van der Waals surface area (Å²) in [7, 11) is 4.51. The average Bonchev–Trinajstić information content (AvgIpc) is 2.96. The Kier molecular flexibility index (Phi) is 4.96. The number of aromatic nitrogens is 2. The molecule has 1 N–H and O–H groups in total. The maximum absolute atomic E-state index is 4.60. The number of aryl methyl sites for hydroxylation is 1. The van der Waals surface area contributed by atoms with E-state index >= 15 is 0 Å². The molecule has 118 valence electrons. The van der Waals surface area contributed by atoms with Crippen LogP contribution in [0.2, 0.25) is 0 Å². The number of hydrogen-bond donors (Lipinski definition) is 1. The minimum Gasteiger partial charge on any atom is -0.303 e. The number of rotatable bonds is 5. The summed E-state index contributed by atoms with van der Waals surface area (Å²) in [5.41, 5.74) is 4.23. The summed E-state index contributed by atoms with van der Waals surface area (Å²) in [5.74, 6) is 0. The minimum absolute atomic E-state index is 0.795. The van der Waals surface area contributed by atoms with Gasteiger partial charge in [-0.25, -0.2) is 0 Å². The lowest BCUT2D eigenvalue weighted by molar-refractivity contribution is 0.243. The Morgan fingerprint density at radius 2 is 2.10 bits per heavy atom. The van der Waals surface area contributed by atoms with Crippen LogP contribution in [-0.4, -0.2) is 53.2 Å². The van der Waals surface area contributed by atoms with E-state index < -0.39 is 0 Å². The lowest BCUT2D eigenvalue weighted by Gasteiger charge is -2.23. The Balaban J connectivity index is 1.52. The van der Waals surface area contributed by atoms with Crippen LogP contribution in [0.15, 0.2) is 0 Å². The lowest BCUT2D eigenvalue weighted by Crippen LogP contribution is -2.30. The maximum atomic E-state index is 4.60. The molecule has 0 radical (unpaired) electrons. The van der Waals surface area contributed by atoms with Crippen LogP contribution < -0.4 is 0 Å². The third kappa shape index (κ3) is 3.67. The molecule has 0 spiro atoms. The smallest absolute Gasteiger partial charge is 0.0796 e. The summed E-state index contributed by atoms with van der Waals surface area (Å²) in [5, 5.41) is 7.89. The first-order valence-electron chi connectivity index (χ1n) is 8.68. The van der Waals surface area contributed by atoms with Crippen molar-refractivity contribution in [3.8, 4) is 0 Å². The van der Waals surface area contributed by atoms with Gasteiger partial charge in [0.25, 0.3) is 0 Å². The molecule has 0 aromatic carbocycles. The third-order valence-electron chi connectivity index (χ3n) is 5.33. The predicted octanol–water partition coefficient (Wildman–Crippen LogP) is 2.59. The van der Waals surface area contributed by atoms with E-state index in [-0.39, 0.29) is 0 Å². The van der Waals surface area contributed by atoms with Crippen molar-refractivity contribution >= 4 is 0 Å². The standard InChI is InChI=1S/C17H30N4/c1-20(12-10-14-7-6-11-21(14)2)13-17-15-8-4-3-5-9-16(15)18-19-17/h14H,3-13H2,1-2H3,(H,18,19)/t14-/m1/s1. The maximum Gasteiger partial charge on any atom is 0.0796 e. The Bertz CT molecular complexity index is 454.